The monoisotopic (exact) mass is 672 g/mol. The molecule has 0 aliphatic rings. The standard InChI is InChI=1S/C37H69O8P/c1-3-5-7-9-11-13-15-16-17-18-19-20-22-24-26-28-30-32-37(39)45-35(34-44-46(40,41)42)33-43-36(38)31-29-27-25-23-21-14-12-10-8-6-4-2/h19-20,24,26,35H,3-18,21-23,25,27-34H2,1-2H3,(H2,40,41,42)/b20-19+,26-24+/t35-/m1/s1. The normalized spacial score (nSPS) is 12.7. The SMILES string of the molecule is CCCCCCCCCCC/C=C/C/C=C/CCCC(=O)O[C@H](COC(=O)CCCCCCCCCCCCC)COP(=O)(O)O. The summed E-state index contributed by atoms with van der Waals surface area (Å²) in [6.45, 7) is 3.63. The Balaban J connectivity index is 4.02. The van der Waals surface area contributed by atoms with E-state index in [0.29, 0.717) is 6.42 Å². The summed E-state index contributed by atoms with van der Waals surface area (Å²) in [7, 11) is -4.75. The number of hydrogen-bond donors (Lipinski definition) is 2. The van der Waals surface area contributed by atoms with Gasteiger partial charge in [-0.05, 0) is 38.5 Å². The van der Waals surface area contributed by atoms with Crippen molar-refractivity contribution in [1.29, 1.82) is 0 Å². The van der Waals surface area contributed by atoms with E-state index in [1.807, 2.05) is 6.08 Å². The van der Waals surface area contributed by atoms with Crippen LogP contribution in [0.5, 0.6) is 0 Å². The molecule has 0 aliphatic heterocycles. The molecule has 2 N–H and O–H groups in total. The van der Waals surface area contributed by atoms with Crippen LogP contribution in [0, 0.1) is 0 Å². The highest BCUT2D eigenvalue weighted by Gasteiger charge is 2.22. The zero-order chi connectivity index (χ0) is 34.0. The minimum absolute atomic E-state index is 0.151. The van der Waals surface area contributed by atoms with Crippen molar-refractivity contribution in [3.8, 4) is 0 Å². The molecular formula is C37H69O8P. The van der Waals surface area contributed by atoms with Gasteiger partial charge in [0.25, 0.3) is 0 Å². The number of hydrogen-bond acceptors (Lipinski definition) is 6. The molecule has 0 bridgehead atoms. The average Bonchev–Trinajstić information content (AvgIpc) is 3.02. The number of allylic oxidation sites excluding steroid dienone is 4. The van der Waals surface area contributed by atoms with Gasteiger partial charge in [0.2, 0.25) is 0 Å². The van der Waals surface area contributed by atoms with E-state index in [9.17, 15) is 14.2 Å². The second-order valence-corrected chi connectivity index (χ2v) is 13.8. The molecule has 0 aliphatic carbocycles. The first-order valence-electron chi connectivity index (χ1n) is 18.6. The molecule has 0 unspecified atom stereocenters. The lowest BCUT2D eigenvalue weighted by molar-refractivity contribution is -0.161. The summed E-state index contributed by atoms with van der Waals surface area (Å²) in [6, 6.07) is 0. The van der Waals surface area contributed by atoms with Crippen LogP contribution in [0.3, 0.4) is 0 Å². The Morgan fingerprint density at radius 3 is 1.50 bits per heavy atom. The molecule has 0 radical (unpaired) electrons. The third kappa shape index (κ3) is 35.4. The maximum absolute atomic E-state index is 12.3. The van der Waals surface area contributed by atoms with Crippen LogP contribution in [0.2, 0.25) is 0 Å². The quantitative estimate of drug-likeness (QED) is 0.0300. The summed E-state index contributed by atoms with van der Waals surface area (Å²) in [5.41, 5.74) is 0. The van der Waals surface area contributed by atoms with Gasteiger partial charge in [-0.1, -0.05) is 154 Å². The van der Waals surface area contributed by atoms with Crippen molar-refractivity contribution in [2.45, 2.75) is 187 Å². The third-order valence-electron chi connectivity index (χ3n) is 7.97. The highest BCUT2D eigenvalue weighted by atomic mass is 31.2. The van der Waals surface area contributed by atoms with Crippen molar-refractivity contribution in [1.82, 2.24) is 0 Å². The summed E-state index contributed by atoms with van der Waals surface area (Å²) in [5, 5.41) is 0. The molecule has 0 saturated heterocycles. The lowest BCUT2D eigenvalue weighted by Crippen LogP contribution is -2.29. The van der Waals surface area contributed by atoms with Crippen LogP contribution in [-0.2, 0) is 28.2 Å². The molecule has 0 amide bonds. The number of phosphoric ester groups is 1. The molecule has 9 heteroatoms. The van der Waals surface area contributed by atoms with Crippen LogP contribution in [0.15, 0.2) is 24.3 Å². The number of ether oxygens (including phenoxy) is 2. The summed E-state index contributed by atoms with van der Waals surface area (Å²) in [6.07, 6.45) is 36.2. The fourth-order valence-electron chi connectivity index (χ4n) is 5.18. The van der Waals surface area contributed by atoms with E-state index in [4.69, 9.17) is 19.3 Å². The van der Waals surface area contributed by atoms with Crippen LogP contribution in [0.25, 0.3) is 0 Å². The molecule has 0 aromatic heterocycles. The molecule has 270 valence electrons. The van der Waals surface area contributed by atoms with Crippen molar-refractivity contribution >= 4 is 19.8 Å². The lowest BCUT2D eigenvalue weighted by Gasteiger charge is -2.18. The highest BCUT2D eigenvalue weighted by Crippen LogP contribution is 2.36. The van der Waals surface area contributed by atoms with Gasteiger partial charge >= 0.3 is 19.8 Å². The molecule has 0 saturated carbocycles. The van der Waals surface area contributed by atoms with Gasteiger partial charge in [0.15, 0.2) is 6.10 Å². The van der Waals surface area contributed by atoms with Gasteiger partial charge in [0.05, 0.1) is 6.61 Å². The van der Waals surface area contributed by atoms with E-state index in [0.717, 1.165) is 38.5 Å². The first-order valence-corrected chi connectivity index (χ1v) is 20.2. The number of rotatable bonds is 34. The van der Waals surface area contributed by atoms with Crippen molar-refractivity contribution < 1.29 is 37.9 Å². The lowest BCUT2D eigenvalue weighted by atomic mass is 10.1. The molecule has 8 nitrogen and oxygen atoms in total. The predicted octanol–water partition coefficient (Wildman–Crippen LogP) is 10.8. The number of unbranched alkanes of at least 4 members (excludes halogenated alkanes) is 20. The summed E-state index contributed by atoms with van der Waals surface area (Å²) >= 11 is 0. The van der Waals surface area contributed by atoms with Gasteiger partial charge in [-0.2, -0.15) is 0 Å². The van der Waals surface area contributed by atoms with E-state index in [-0.39, 0.29) is 19.4 Å². The molecule has 1 atom stereocenters. The van der Waals surface area contributed by atoms with Gasteiger partial charge in [-0.15, -0.1) is 0 Å². The molecule has 0 fully saturated rings. The minimum Gasteiger partial charge on any atom is -0.462 e. The molecule has 0 aromatic carbocycles. The van der Waals surface area contributed by atoms with Gasteiger partial charge in [-0.25, -0.2) is 4.57 Å². The molecule has 0 aromatic rings. The van der Waals surface area contributed by atoms with Gasteiger partial charge in [0.1, 0.15) is 6.61 Å². The molecule has 46 heavy (non-hydrogen) atoms. The fourth-order valence-corrected chi connectivity index (χ4v) is 5.54. The van der Waals surface area contributed by atoms with E-state index in [1.54, 1.807) is 0 Å². The topological polar surface area (TPSA) is 119 Å². The Bertz CT molecular complexity index is 807. The Morgan fingerprint density at radius 1 is 0.565 bits per heavy atom. The zero-order valence-electron chi connectivity index (χ0n) is 29.5. The van der Waals surface area contributed by atoms with Crippen LogP contribution < -0.4 is 0 Å². The Labute approximate surface area is 281 Å². The van der Waals surface area contributed by atoms with E-state index < -0.39 is 32.5 Å². The van der Waals surface area contributed by atoms with E-state index >= 15 is 0 Å². The van der Waals surface area contributed by atoms with Crippen LogP contribution >= 0.6 is 7.82 Å². The first-order chi connectivity index (χ1) is 22.3. The third-order valence-corrected chi connectivity index (χ3v) is 8.46. The Kier molecular flexibility index (Phi) is 32.4. The largest absolute Gasteiger partial charge is 0.469 e. The minimum atomic E-state index is -4.75. The van der Waals surface area contributed by atoms with Gasteiger partial charge < -0.3 is 19.3 Å². The zero-order valence-corrected chi connectivity index (χ0v) is 30.4. The maximum atomic E-state index is 12.3. The average molecular weight is 673 g/mol. The summed E-state index contributed by atoms with van der Waals surface area (Å²) < 4.78 is 26.2. The van der Waals surface area contributed by atoms with Gasteiger partial charge in [-0.3, -0.25) is 14.1 Å². The van der Waals surface area contributed by atoms with Crippen molar-refractivity contribution in [2.75, 3.05) is 13.2 Å². The van der Waals surface area contributed by atoms with Crippen molar-refractivity contribution in [3.05, 3.63) is 24.3 Å². The Morgan fingerprint density at radius 2 is 1.00 bits per heavy atom. The predicted molar refractivity (Wildman–Crippen MR) is 189 cm³/mol. The molecule has 0 heterocycles. The highest BCUT2D eigenvalue weighted by molar-refractivity contribution is 7.46. The van der Waals surface area contributed by atoms with Crippen LogP contribution in [0.1, 0.15) is 181 Å². The second-order valence-electron chi connectivity index (χ2n) is 12.6. The van der Waals surface area contributed by atoms with Crippen molar-refractivity contribution in [3.63, 3.8) is 0 Å². The van der Waals surface area contributed by atoms with E-state index in [2.05, 4.69) is 36.6 Å². The first kappa shape index (κ1) is 44.5. The second kappa shape index (κ2) is 33.4. The smallest absolute Gasteiger partial charge is 0.462 e. The maximum Gasteiger partial charge on any atom is 0.469 e. The molecular weight excluding hydrogens is 603 g/mol. The van der Waals surface area contributed by atoms with E-state index in [1.165, 1.54) is 109 Å². The fraction of sp³-hybridized carbons (Fsp3) is 0.838. The Hall–Kier alpha value is -1.47. The number of phosphoric acid groups is 1. The summed E-state index contributed by atoms with van der Waals surface area (Å²) in [4.78, 5) is 42.6. The number of carbonyl (C=O) groups excluding carboxylic acids is 2. The number of carbonyl (C=O) groups is 2. The number of esters is 2. The van der Waals surface area contributed by atoms with Crippen LogP contribution in [0.4, 0.5) is 0 Å². The summed E-state index contributed by atoms with van der Waals surface area (Å²) in [5.74, 6) is -0.935. The molecule has 0 spiro atoms. The van der Waals surface area contributed by atoms with Gasteiger partial charge in [0, 0.05) is 12.8 Å². The molecule has 0 rings (SSSR count). The van der Waals surface area contributed by atoms with Crippen molar-refractivity contribution in [2.24, 2.45) is 0 Å². The van der Waals surface area contributed by atoms with Crippen LogP contribution in [-0.4, -0.2) is 41.0 Å².